The molecule has 1 aromatic carbocycles. The minimum absolute atomic E-state index is 0.119. The van der Waals surface area contributed by atoms with Crippen LogP contribution in [0.2, 0.25) is 5.02 Å². The van der Waals surface area contributed by atoms with Gasteiger partial charge in [-0.05, 0) is 37.5 Å². The third-order valence-electron chi connectivity index (χ3n) is 3.02. The van der Waals surface area contributed by atoms with Crippen molar-refractivity contribution in [2.45, 2.75) is 30.7 Å². The van der Waals surface area contributed by atoms with Gasteiger partial charge in [0.2, 0.25) is 0 Å². The van der Waals surface area contributed by atoms with E-state index in [0.29, 0.717) is 5.02 Å². The quantitative estimate of drug-likeness (QED) is 0.767. The molecule has 0 bridgehead atoms. The van der Waals surface area contributed by atoms with Crippen LogP contribution < -0.4 is 4.74 Å². The number of ether oxygens (including phenoxy) is 2. The second-order valence-electron chi connectivity index (χ2n) is 4.22. The Bertz CT molecular complexity index is 376. The predicted octanol–water partition coefficient (Wildman–Crippen LogP) is 4.20. The summed E-state index contributed by atoms with van der Waals surface area (Å²) in [6, 6.07) is 5.52. The molecule has 4 heteroatoms. The highest BCUT2D eigenvalue weighted by atomic mass is 35.5. The lowest BCUT2D eigenvalue weighted by molar-refractivity contribution is 0.103. The van der Waals surface area contributed by atoms with E-state index in [0.717, 1.165) is 37.2 Å². The van der Waals surface area contributed by atoms with E-state index in [1.165, 1.54) is 0 Å². The lowest BCUT2D eigenvalue weighted by atomic mass is 10.0. The van der Waals surface area contributed by atoms with Crippen molar-refractivity contribution < 1.29 is 9.47 Å². The molecule has 0 spiro atoms. The molecular weight excluding hydrogens is 259 g/mol. The zero-order chi connectivity index (χ0) is 12.3. The van der Waals surface area contributed by atoms with Crippen molar-refractivity contribution >= 4 is 23.2 Å². The van der Waals surface area contributed by atoms with Crippen LogP contribution in [0.15, 0.2) is 18.2 Å². The van der Waals surface area contributed by atoms with Crippen molar-refractivity contribution in [2.24, 2.45) is 0 Å². The van der Waals surface area contributed by atoms with Gasteiger partial charge in [0, 0.05) is 17.2 Å². The summed E-state index contributed by atoms with van der Waals surface area (Å²) < 4.78 is 10.9. The Hall–Kier alpha value is -0.440. The maximum absolute atomic E-state index is 6.42. The average molecular weight is 275 g/mol. The minimum atomic E-state index is -0.119. The van der Waals surface area contributed by atoms with Crippen LogP contribution in [0.3, 0.4) is 0 Å². The second-order valence-corrected chi connectivity index (χ2v) is 5.19. The first-order valence-electron chi connectivity index (χ1n) is 5.80. The first-order chi connectivity index (χ1) is 8.20. The molecular formula is C13H16Cl2O2. The Labute approximate surface area is 112 Å². The Morgan fingerprint density at radius 2 is 2.35 bits per heavy atom. The molecule has 1 aromatic rings. The van der Waals surface area contributed by atoms with E-state index in [1.54, 1.807) is 13.2 Å². The monoisotopic (exact) mass is 274 g/mol. The van der Waals surface area contributed by atoms with Crippen molar-refractivity contribution in [3.8, 4) is 5.75 Å². The number of alkyl halides is 1. The molecule has 2 atom stereocenters. The topological polar surface area (TPSA) is 18.5 Å². The van der Waals surface area contributed by atoms with E-state index in [4.69, 9.17) is 32.7 Å². The summed E-state index contributed by atoms with van der Waals surface area (Å²) in [6.07, 6.45) is 3.28. The van der Waals surface area contributed by atoms with Crippen LogP contribution >= 0.6 is 23.2 Å². The third kappa shape index (κ3) is 3.27. The number of methoxy groups -OCH3 is 1. The molecule has 0 N–H and O–H groups in total. The van der Waals surface area contributed by atoms with Crippen molar-refractivity contribution in [1.29, 1.82) is 0 Å². The highest BCUT2D eigenvalue weighted by Crippen LogP contribution is 2.36. The molecule has 1 aliphatic rings. The smallest absolute Gasteiger partial charge is 0.123 e. The minimum Gasteiger partial charge on any atom is -0.496 e. The Morgan fingerprint density at radius 1 is 1.53 bits per heavy atom. The molecule has 2 rings (SSSR count). The summed E-state index contributed by atoms with van der Waals surface area (Å²) in [7, 11) is 1.64. The fourth-order valence-electron chi connectivity index (χ4n) is 2.14. The molecule has 94 valence electrons. The first kappa shape index (κ1) is 13.0. The summed E-state index contributed by atoms with van der Waals surface area (Å²) in [5.41, 5.74) is 0.942. The lowest BCUT2D eigenvalue weighted by Gasteiger charge is -2.17. The van der Waals surface area contributed by atoms with Gasteiger partial charge in [-0.3, -0.25) is 0 Å². The van der Waals surface area contributed by atoms with E-state index in [-0.39, 0.29) is 11.5 Å². The Balaban J connectivity index is 2.11. The maximum Gasteiger partial charge on any atom is 0.123 e. The van der Waals surface area contributed by atoms with Gasteiger partial charge in [-0.2, -0.15) is 0 Å². The van der Waals surface area contributed by atoms with Crippen molar-refractivity contribution in [3.63, 3.8) is 0 Å². The van der Waals surface area contributed by atoms with Gasteiger partial charge in [-0.1, -0.05) is 11.6 Å². The zero-order valence-electron chi connectivity index (χ0n) is 9.79. The summed E-state index contributed by atoms with van der Waals surface area (Å²) in [6.45, 7) is 0.848. The predicted molar refractivity (Wildman–Crippen MR) is 70.2 cm³/mol. The number of hydrogen-bond donors (Lipinski definition) is 0. The van der Waals surface area contributed by atoms with Gasteiger partial charge < -0.3 is 9.47 Å². The molecule has 2 nitrogen and oxygen atoms in total. The number of hydrogen-bond acceptors (Lipinski definition) is 2. The zero-order valence-corrected chi connectivity index (χ0v) is 11.3. The van der Waals surface area contributed by atoms with Crippen LogP contribution in [0.1, 0.15) is 30.2 Å². The Morgan fingerprint density at radius 3 is 3.00 bits per heavy atom. The lowest BCUT2D eigenvalue weighted by Crippen LogP contribution is -2.09. The van der Waals surface area contributed by atoms with Gasteiger partial charge in [0.25, 0.3) is 0 Å². The number of rotatable bonds is 4. The standard InChI is InChI=1S/C13H16Cl2O2/c1-16-13-5-4-9(14)7-11(13)12(15)8-10-3-2-6-17-10/h4-5,7,10,12H,2-3,6,8H2,1H3. The van der Waals surface area contributed by atoms with Gasteiger partial charge in [0.15, 0.2) is 0 Å². The molecule has 1 heterocycles. The SMILES string of the molecule is COc1ccc(Cl)cc1C(Cl)CC1CCCO1. The van der Waals surface area contributed by atoms with E-state index >= 15 is 0 Å². The first-order valence-corrected chi connectivity index (χ1v) is 6.61. The van der Waals surface area contributed by atoms with Gasteiger partial charge >= 0.3 is 0 Å². The summed E-state index contributed by atoms with van der Waals surface area (Å²) in [4.78, 5) is 0. The Kier molecular flexibility index (Phi) is 4.55. The molecule has 0 radical (unpaired) electrons. The van der Waals surface area contributed by atoms with Gasteiger partial charge in [-0.25, -0.2) is 0 Å². The van der Waals surface area contributed by atoms with Crippen LogP contribution in [0.25, 0.3) is 0 Å². The van der Waals surface area contributed by atoms with Crippen molar-refractivity contribution in [2.75, 3.05) is 13.7 Å². The highest BCUT2D eigenvalue weighted by Gasteiger charge is 2.22. The summed E-state index contributed by atoms with van der Waals surface area (Å²) in [5, 5.41) is 0.561. The van der Waals surface area contributed by atoms with Crippen LogP contribution in [0.5, 0.6) is 5.75 Å². The summed E-state index contributed by atoms with van der Waals surface area (Å²) in [5.74, 6) is 0.785. The van der Waals surface area contributed by atoms with Gasteiger partial charge in [-0.15, -0.1) is 11.6 Å². The van der Waals surface area contributed by atoms with Crippen molar-refractivity contribution in [1.82, 2.24) is 0 Å². The van der Waals surface area contributed by atoms with E-state index < -0.39 is 0 Å². The fraction of sp³-hybridized carbons (Fsp3) is 0.538. The van der Waals surface area contributed by atoms with Crippen LogP contribution in [0.4, 0.5) is 0 Å². The molecule has 0 aliphatic carbocycles. The van der Waals surface area contributed by atoms with Crippen molar-refractivity contribution in [3.05, 3.63) is 28.8 Å². The molecule has 0 aromatic heterocycles. The molecule has 1 aliphatic heterocycles. The third-order valence-corrected chi connectivity index (χ3v) is 3.67. The molecule has 2 unspecified atom stereocenters. The molecule has 0 saturated carbocycles. The second kappa shape index (κ2) is 5.94. The number of benzene rings is 1. The maximum atomic E-state index is 6.42. The molecule has 17 heavy (non-hydrogen) atoms. The largest absolute Gasteiger partial charge is 0.496 e. The van der Waals surface area contributed by atoms with Gasteiger partial charge in [0.1, 0.15) is 5.75 Å². The van der Waals surface area contributed by atoms with Crippen LogP contribution in [0, 0.1) is 0 Å². The fourth-order valence-corrected chi connectivity index (χ4v) is 2.69. The summed E-state index contributed by atoms with van der Waals surface area (Å²) >= 11 is 12.4. The molecule has 0 amide bonds. The van der Waals surface area contributed by atoms with E-state index in [9.17, 15) is 0 Å². The van der Waals surface area contributed by atoms with E-state index in [2.05, 4.69) is 0 Å². The van der Waals surface area contributed by atoms with E-state index in [1.807, 2.05) is 12.1 Å². The highest BCUT2D eigenvalue weighted by molar-refractivity contribution is 6.31. The molecule has 1 fully saturated rings. The van der Waals surface area contributed by atoms with Crippen LogP contribution in [-0.2, 0) is 4.74 Å². The molecule has 1 saturated heterocycles. The van der Waals surface area contributed by atoms with Crippen LogP contribution in [-0.4, -0.2) is 19.8 Å². The normalized spacial score (nSPS) is 21.5. The van der Waals surface area contributed by atoms with Gasteiger partial charge in [0.05, 0.1) is 18.6 Å². The average Bonchev–Trinajstić information content (AvgIpc) is 2.81. The number of halogens is 2.